The van der Waals surface area contributed by atoms with Gasteiger partial charge in [0.25, 0.3) is 0 Å². The molecule has 0 bridgehead atoms. The Balaban J connectivity index is 2.21. The molecule has 0 saturated carbocycles. The molecule has 20 heavy (non-hydrogen) atoms. The predicted octanol–water partition coefficient (Wildman–Crippen LogP) is 4.53. The first-order valence-corrected chi connectivity index (χ1v) is 7.14. The zero-order chi connectivity index (χ0) is 14.7. The summed E-state index contributed by atoms with van der Waals surface area (Å²) in [7, 11) is 1.41. The van der Waals surface area contributed by atoms with Crippen molar-refractivity contribution in [3.63, 3.8) is 0 Å². The fourth-order valence-electron chi connectivity index (χ4n) is 1.94. The highest BCUT2D eigenvalue weighted by Gasteiger charge is 2.14. The van der Waals surface area contributed by atoms with Crippen LogP contribution in [0.2, 0.25) is 5.02 Å². The SMILES string of the molecule is COc1ccc(CC(O)c2cc(Cl)ccc2Br)cc1F. The molecule has 5 heteroatoms. The first kappa shape index (κ1) is 15.3. The van der Waals surface area contributed by atoms with Gasteiger partial charge in [0.2, 0.25) is 0 Å². The minimum atomic E-state index is -0.768. The quantitative estimate of drug-likeness (QED) is 0.869. The fourth-order valence-corrected chi connectivity index (χ4v) is 2.63. The summed E-state index contributed by atoms with van der Waals surface area (Å²) in [5.74, 6) is -0.255. The Morgan fingerprint density at radius 3 is 2.70 bits per heavy atom. The van der Waals surface area contributed by atoms with Gasteiger partial charge < -0.3 is 9.84 Å². The number of benzene rings is 2. The van der Waals surface area contributed by atoms with E-state index < -0.39 is 11.9 Å². The topological polar surface area (TPSA) is 29.5 Å². The molecule has 1 unspecified atom stereocenters. The Morgan fingerprint density at radius 1 is 1.30 bits per heavy atom. The lowest BCUT2D eigenvalue weighted by molar-refractivity contribution is 0.177. The van der Waals surface area contributed by atoms with E-state index in [1.54, 1.807) is 30.3 Å². The molecule has 1 atom stereocenters. The van der Waals surface area contributed by atoms with Gasteiger partial charge in [-0.15, -0.1) is 0 Å². The van der Waals surface area contributed by atoms with E-state index in [0.29, 0.717) is 22.6 Å². The Hall–Kier alpha value is -1.10. The summed E-state index contributed by atoms with van der Waals surface area (Å²) in [6, 6.07) is 9.83. The summed E-state index contributed by atoms with van der Waals surface area (Å²) >= 11 is 9.29. The molecule has 0 fully saturated rings. The molecular formula is C15H13BrClFO2. The predicted molar refractivity (Wildman–Crippen MR) is 80.8 cm³/mol. The Bertz CT molecular complexity index is 619. The normalized spacial score (nSPS) is 12.2. The number of methoxy groups -OCH3 is 1. The third-order valence-corrected chi connectivity index (χ3v) is 3.92. The molecular weight excluding hydrogens is 347 g/mol. The van der Waals surface area contributed by atoms with Gasteiger partial charge >= 0.3 is 0 Å². The Kier molecular flexibility index (Phi) is 5.02. The molecule has 0 radical (unpaired) electrons. The zero-order valence-electron chi connectivity index (χ0n) is 10.7. The Labute approximate surface area is 130 Å². The van der Waals surface area contributed by atoms with Crippen LogP contribution in [0, 0.1) is 5.82 Å². The van der Waals surface area contributed by atoms with Gasteiger partial charge in [-0.05, 0) is 41.5 Å². The van der Waals surface area contributed by atoms with Crippen LogP contribution in [0.1, 0.15) is 17.2 Å². The maximum atomic E-state index is 13.6. The van der Waals surface area contributed by atoms with E-state index in [1.165, 1.54) is 13.2 Å². The maximum absolute atomic E-state index is 13.6. The number of hydrogen-bond acceptors (Lipinski definition) is 2. The van der Waals surface area contributed by atoms with Gasteiger partial charge in [0, 0.05) is 15.9 Å². The van der Waals surface area contributed by atoms with Crippen molar-refractivity contribution in [1.29, 1.82) is 0 Å². The van der Waals surface area contributed by atoms with Gasteiger partial charge in [-0.25, -0.2) is 4.39 Å². The smallest absolute Gasteiger partial charge is 0.165 e. The third kappa shape index (κ3) is 3.51. The first-order chi connectivity index (χ1) is 9.51. The monoisotopic (exact) mass is 358 g/mol. The highest BCUT2D eigenvalue weighted by Crippen LogP contribution is 2.29. The highest BCUT2D eigenvalue weighted by molar-refractivity contribution is 9.10. The van der Waals surface area contributed by atoms with Crippen molar-refractivity contribution >= 4 is 27.5 Å². The average molecular weight is 360 g/mol. The van der Waals surface area contributed by atoms with E-state index in [2.05, 4.69) is 15.9 Å². The molecule has 0 amide bonds. The summed E-state index contributed by atoms with van der Waals surface area (Å²) in [5, 5.41) is 10.8. The second kappa shape index (κ2) is 6.57. The first-order valence-electron chi connectivity index (χ1n) is 5.96. The van der Waals surface area contributed by atoms with E-state index in [1.807, 2.05) is 0 Å². The second-order valence-electron chi connectivity index (χ2n) is 4.35. The van der Waals surface area contributed by atoms with Crippen molar-refractivity contribution in [3.8, 4) is 5.75 Å². The van der Waals surface area contributed by atoms with Crippen LogP contribution in [0.15, 0.2) is 40.9 Å². The van der Waals surface area contributed by atoms with Crippen molar-refractivity contribution in [2.45, 2.75) is 12.5 Å². The second-order valence-corrected chi connectivity index (χ2v) is 5.65. The van der Waals surface area contributed by atoms with E-state index in [-0.39, 0.29) is 5.75 Å². The average Bonchev–Trinajstić information content (AvgIpc) is 2.41. The van der Waals surface area contributed by atoms with Crippen LogP contribution in [0.5, 0.6) is 5.75 Å². The van der Waals surface area contributed by atoms with Gasteiger partial charge in [-0.2, -0.15) is 0 Å². The van der Waals surface area contributed by atoms with Gasteiger partial charge in [-0.3, -0.25) is 0 Å². The van der Waals surface area contributed by atoms with Crippen molar-refractivity contribution in [2.24, 2.45) is 0 Å². The van der Waals surface area contributed by atoms with Crippen LogP contribution in [0.4, 0.5) is 4.39 Å². The molecule has 0 aliphatic carbocycles. The van der Waals surface area contributed by atoms with Crippen LogP contribution in [0.25, 0.3) is 0 Å². The van der Waals surface area contributed by atoms with Crippen LogP contribution in [0.3, 0.4) is 0 Å². The molecule has 0 heterocycles. The molecule has 2 aromatic carbocycles. The van der Waals surface area contributed by atoms with E-state index in [9.17, 15) is 9.50 Å². The molecule has 0 aromatic heterocycles. The van der Waals surface area contributed by atoms with E-state index >= 15 is 0 Å². The number of aliphatic hydroxyl groups excluding tert-OH is 1. The molecule has 1 N–H and O–H groups in total. The van der Waals surface area contributed by atoms with E-state index in [0.717, 1.165) is 4.47 Å². The molecule has 2 aromatic rings. The number of halogens is 3. The summed E-state index contributed by atoms with van der Waals surface area (Å²) in [6.45, 7) is 0. The fraction of sp³-hybridized carbons (Fsp3) is 0.200. The van der Waals surface area contributed by atoms with Gasteiger partial charge in [0.05, 0.1) is 13.2 Å². The summed E-state index contributed by atoms with van der Waals surface area (Å²) in [6.07, 6.45) is -0.476. The summed E-state index contributed by atoms with van der Waals surface area (Å²) < 4.78 is 19.2. The van der Waals surface area contributed by atoms with Gasteiger partial charge in [0.15, 0.2) is 11.6 Å². The van der Waals surface area contributed by atoms with Crippen LogP contribution in [-0.2, 0) is 6.42 Å². The summed E-state index contributed by atoms with van der Waals surface area (Å²) in [4.78, 5) is 0. The van der Waals surface area contributed by atoms with Crippen molar-refractivity contribution in [2.75, 3.05) is 7.11 Å². The number of rotatable bonds is 4. The minimum Gasteiger partial charge on any atom is -0.494 e. The minimum absolute atomic E-state index is 0.187. The molecule has 0 aliphatic rings. The number of hydrogen-bond donors (Lipinski definition) is 1. The molecule has 0 spiro atoms. The highest BCUT2D eigenvalue weighted by atomic mass is 79.9. The lowest BCUT2D eigenvalue weighted by Crippen LogP contribution is -2.03. The van der Waals surface area contributed by atoms with Crippen molar-refractivity contribution in [3.05, 3.63) is 62.8 Å². The zero-order valence-corrected chi connectivity index (χ0v) is 13.1. The van der Waals surface area contributed by atoms with Crippen molar-refractivity contribution < 1.29 is 14.2 Å². The standard InChI is InChI=1S/C15H13BrClFO2/c1-20-15-5-2-9(6-13(15)18)7-14(19)11-8-10(17)3-4-12(11)16/h2-6,8,14,19H,7H2,1H3. The molecule has 106 valence electrons. The number of aliphatic hydroxyl groups is 1. The molecule has 2 nitrogen and oxygen atoms in total. The maximum Gasteiger partial charge on any atom is 0.165 e. The van der Waals surface area contributed by atoms with Crippen molar-refractivity contribution in [1.82, 2.24) is 0 Å². The van der Waals surface area contributed by atoms with Crippen LogP contribution < -0.4 is 4.74 Å². The molecule has 0 saturated heterocycles. The van der Waals surface area contributed by atoms with Crippen LogP contribution in [-0.4, -0.2) is 12.2 Å². The molecule has 0 aliphatic heterocycles. The third-order valence-electron chi connectivity index (χ3n) is 2.96. The lowest BCUT2D eigenvalue weighted by Gasteiger charge is -2.14. The lowest BCUT2D eigenvalue weighted by atomic mass is 10.0. The summed E-state index contributed by atoms with van der Waals surface area (Å²) in [5.41, 5.74) is 1.36. The Morgan fingerprint density at radius 2 is 2.05 bits per heavy atom. The number of ether oxygens (including phenoxy) is 1. The van der Waals surface area contributed by atoms with E-state index in [4.69, 9.17) is 16.3 Å². The van der Waals surface area contributed by atoms with Gasteiger partial charge in [-0.1, -0.05) is 33.6 Å². The van der Waals surface area contributed by atoms with Gasteiger partial charge in [0.1, 0.15) is 0 Å². The van der Waals surface area contributed by atoms with Crippen LogP contribution >= 0.6 is 27.5 Å². The molecule has 2 rings (SSSR count). The largest absolute Gasteiger partial charge is 0.494 e.